The highest BCUT2D eigenvalue weighted by Crippen LogP contribution is 2.40. The lowest BCUT2D eigenvalue weighted by molar-refractivity contribution is 0.185. The SMILES string of the molecule is Cn1c(=O)n(C)c2cc(C(Br)C3CCOC3)c(Br)cc21. The van der Waals surface area contributed by atoms with Crippen molar-refractivity contribution in [3.8, 4) is 0 Å². The third-order valence-corrected chi connectivity index (χ3v) is 5.99. The maximum atomic E-state index is 12.0. The van der Waals surface area contributed by atoms with Crippen LogP contribution in [-0.2, 0) is 18.8 Å². The first-order valence-electron chi connectivity index (χ1n) is 6.57. The molecular weight excluding hydrogens is 388 g/mol. The Morgan fingerprint density at radius 1 is 1.30 bits per heavy atom. The largest absolute Gasteiger partial charge is 0.381 e. The van der Waals surface area contributed by atoms with Crippen LogP contribution in [0.3, 0.4) is 0 Å². The summed E-state index contributed by atoms with van der Waals surface area (Å²) in [7, 11) is 3.61. The lowest BCUT2D eigenvalue weighted by atomic mass is 9.98. The predicted molar refractivity (Wildman–Crippen MR) is 86.5 cm³/mol. The third kappa shape index (κ3) is 2.18. The molecule has 0 spiro atoms. The van der Waals surface area contributed by atoms with E-state index in [1.54, 1.807) is 16.2 Å². The smallest absolute Gasteiger partial charge is 0.328 e. The topological polar surface area (TPSA) is 36.2 Å². The molecule has 1 aliphatic heterocycles. The quantitative estimate of drug-likeness (QED) is 0.722. The normalized spacial score (nSPS) is 20.7. The minimum Gasteiger partial charge on any atom is -0.381 e. The zero-order valence-corrected chi connectivity index (χ0v) is 14.6. The van der Waals surface area contributed by atoms with Gasteiger partial charge in [-0.15, -0.1) is 0 Å². The maximum Gasteiger partial charge on any atom is 0.328 e. The molecule has 6 heteroatoms. The van der Waals surface area contributed by atoms with Crippen molar-refractivity contribution in [2.45, 2.75) is 11.2 Å². The molecule has 2 heterocycles. The van der Waals surface area contributed by atoms with Gasteiger partial charge in [0.1, 0.15) is 0 Å². The predicted octanol–water partition coefficient (Wildman–Crippen LogP) is 3.11. The van der Waals surface area contributed by atoms with E-state index in [9.17, 15) is 4.79 Å². The summed E-state index contributed by atoms with van der Waals surface area (Å²) in [6, 6.07) is 4.12. The number of ether oxygens (including phenoxy) is 1. The summed E-state index contributed by atoms with van der Waals surface area (Å²) in [5.41, 5.74) is 3.07. The molecule has 0 saturated carbocycles. The molecule has 2 atom stereocenters. The number of benzene rings is 1. The lowest BCUT2D eigenvalue weighted by Gasteiger charge is -2.18. The minimum atomic E-state index is -0.000581. The highest BCUT2D eigenvalue weighted by Gasteiger charge is 2.27. The molecule has 0 amide bonds. The molecule has 1 aliphatic rings. The van der Waals surface area contributed by atoms with Gasteiger partial charge in [0.15, 0.2) is 0 Å². The van der Waals surface area contributed by atoms with Gasteiger partial charge in [0, 0.05) is 35.9 Å². The van der Waals surface area contributed by atoms with E-state index in [-0.39, 0.29) is 10.5 Å². The highest BCUT2D eigenvalue weighted by atomic mass is 79.9. The van der Waals surface area contributed by atoms with Crippen molar-refractivity contribution in [2.75, 3.05) is 13.2 Å². The molecule has 20 heavy (non-hydrogen) atoms. The lowest BCUT2D eigenvalue weighted by Crippen LogP contribution is -2.19. The Balaban J connectivity index is 2.14. The molecule has 2 aromatic rings. The Morgan fingerprint density at radius 3 is 2.55 bits per heavy atom. The van der Waals surface area contributed by atoms with Crippen LogP contribution < -0.4 is 5.69 Å². The molecule has 0 aliphatic carbocycles. The van der Waals surface area contributed by atoms with Crippen molar-refractivity contribution in [2.24, 2.45) is 20.0 Å². The molecule has 108 valence electrons. The summed E-state index contributed by atoms with van der Waals surface area (Å²) in [5.74, 6) is 0.476. The van der Waals surface area contributed by atoms with E-state index < -0.39 is 0 Å². The van der Waals surface area contributed by atoms with E-state index in [1.807, 2.05) is 13.1 Å². The molecule has 2 unspecified atom stereocenters. The fraction of sp³-hybridized carbons (Fsp3) is 0.500. The third-order valence-electron chi connectivity index (χ3n) is 4.07. The Labute approximate surface area is 134 Å². The van der Waals surface area contributed by atoms with Gasteiger partial charge in [-0.2, -0.15) is 0 Å². The number of hydrogen-bond donors (Lipinski definition) is 0. The zero-order valence-electron chi connectivity index (χ0n) is 11.4. The first-order valence-corrected chi connectivity index (χ1v) is 8.28. The Hall–Kier alpha value is -0.590. The molecule has 0 bridgehead atoms. The number of halogens is 2. The summed E-state index contributed by atoms with van der Waals surface area (Å²) in [4.78, 5) is 12.3. The summed E-state index contributed by atoms with van der Waals surface area (Å²) in [6.45, 7) is 1.62. The minimum absolute atomic E-state index is 0.000581. The van der Waals surface area contributed by atoms with Crippen LogP contribution in [0.1, 0.15) is 16.8 Å². The van der Waals surface area contributed by atoms with Crippen LogP contribution in [0.5, 0.6) is 0 Å². The molecule has 0 N–H and O–H groups in total. The average Bonchev–Trinajstić information content (AvgIpc) is 3.03. The maximum absolute atomic E-state index is 12.0. The van der Waals surface area contributed by atoms with E-state index in [0.717, 1.165) is 35.1 Å². The molecule has 4 nitrogen and oxygen atoms in total. The van der Waals surface area contributed by atoms with Gasteiger partial charge in [0.05, 0.1) is 17.6 Å². The van der Waals surface area contributed by atoms with Crippen molar-refractivity contribution in [1.82, 2.24) is 9.13 Å². The van der Waals surface area contributed by atoms with Crippen LogP contribution in [0.15, 0.2) is 21.4 Å². The van der Waals surface area contributed by atoms with Crippen LogP contribution in [0.4, 0.5) is 0 Å². The van der Waals surface area contributed by atoms with E-state index in [0.29, 0.717) is 5.92 Å². The number of rotatable bonds is 2. The molecule has 1 fully saturated rings. The van der Waals surface area contributed by atoms with E-state index >= 15 is 0 Å². The van der Waals surface area contributed by atoms with Gasteiger partial charge in [-0.1, -0.05) is 31.9 Å². The van der Waals surface area contributed by atoms with Crippen molar-refractivity contribution >= 4 is 42.9 Å². The Bertz CT molecular complexity index is 714. The summed E-state index contributed by atoms with van der Waals surface area (Å²) in [5, 5.41) is 0. The van der Waals surface area contributed by atoms with E-state index in [4.69, 9.17) is 4.74 Å². The van der Waals surface area contributed by atoms with Crippen LogP contribution >= 0.6 is 31.9 Å². The van der Waals surface area contributed by atoms with Crippen molar-refractivity contribution in [3.63, 3.8) is 0 Å². The monoisotopic (exact) mass is 402 g/mol. The molecule has 3 rings (SSSR count). The fourth-order valence-corrected chi connectivity index (χ4v) is 4.47. The van der Waals surface area contributed by atoms with Crippen molar-refractivity contribution < 1.29 is 4.74 Å². The van der Waals surface area contributed by atoms with Gasteiger partial charge >= 0.3 is 5.69 Å². The van der Waals surface area contributed by atoms with Gasteiger partial charge in [-0.3, -0.25) is 9.13 Å². The highest BCUT2D eigenvalue weighted by molar-refractivity contribution is 9.11. The number of aryl methyl sites for hydroxylation is 2. The van der Waals surface area contributed by atoms with Gasteiger partial charge in [0.25, 0.3) is 0 Å². The summed E-state index contributed by atoms with van der Waals surface area (Å²) >= 11 is 7.43. The van der Waals surface area contributed by atoms with Gasteiger partial charge in [-0.25, -0.2) is 4.79 Å². The van der Waals surface area contributed by atoms with Crippen molar-refractivity contribution in [1.29, 1.82) is 0 Å². The van der Waals surface area contributed by atoms with E-state index in [2.05, 4.69) is 37.9 Å². The van der Waals surface area contributed by atoms with Crippen LogP contribution in [0.2, 0.25) is 0 Å². The fourth-order valence-electron chi connectivity index (χ4n) is 2.78. The number of fused-ring (bicyclic) bond motifs is 1. The zero-order chi connectivity index (χ0) is 14.4. The second-order valence-corrected chi connectivity index (χ2v) is 7.13. The number of alkyl halides is 1. The molecule has 0 radical (unpaired) electrons. The van der Waals surface area contributed by atoms with Crippen LogP contribution in [-0.4, -0.2) is 22.3 Å². The summed E-state index contributed by atoms with van der Waals surface area (Å²) in [6.07, 6.45) is 1.06. The number of nitrogens with zero attached hydrogens (tertiary/aromatic N) is 2. The number of imidazole rings is 1. The Morgan fingerprint density at radius 2 is 1.95 bits per heavy atom. The number of aromatic nitrogens is 2. The second kappa shape index (κ2) is 5.31. The second-order valence-electron chi connectivity index (χ2n) is 5.29. The summed E-state index contributed by atoms with van der Waals surface area (Å²) < 4.78 is 9.86. The average molecular weight is 404 g/mol. The standard InChI is InChI=1S/C14H16Br2N2O2/c1-17-11-5-9(13(16)8-3-4-20-7-8)10(15)6-12(11)18(2)14(17)19/h5-6,8,13H,3-4,7H2,1-2H3. The molecule has 1 aromatic carbocycles. The molecular formula is C14H16Br2N2O2. The van der Waals surface area contributed by atoms with Crippen molar-refractivity contribution in [3.05, 3.63) is 32.7 Å². The molecule has 1 aromatic heterocycles. The van der Waals surface area contributed by atoms with Gasteiger partial charge in [0.2, 0.25) is 0 Å². The molecule has 1 saturated heterocycles. The van der Waals surface area contributed by atoms with E-state index in [1.165, 1.54) is 5.56 Å². The van der Waals surface area contributed by atoms with Crippen LogP contribution in [0.25, 0.3) is 11.0 Å². The first kappa shape index (κ1) is 14.4. The van der Waals surface area contributed by atoms with Gasteiger partial charge < -0.3 is 4.74 Å². The van der Waals surface area contributed by atoms with Crippen LogP contribution in [0, 0.1) is 5.92 Å². The first-order chi connectivity index (χ1) is 9.50. The Kier molecular flexibility index (Phi) is 3.81. The van der Waals surface area contributed by atoms with Gasteiger partial charge in [-0.05, 0) is 24.1 Å². The number of hydrogen-bond acceptors (Lipinski definition) is 2.